The molecule has 8 nitrogen and oxygen atoms in total. The normalized spacial score (nSPS) is 14.5. The monoisotopic (exact) mass is 646 g/mol. The molecule has 0 unspecified atom stereocenters. The Labute approximate surface area is 238 Å². The topological polar surface area (TPSA) is 94.2 Å². The number of amides is 4. The molecule has 1 aliphatic heterocycles. The largest absolute Gasteiger partial charge is 0.490 e. The summed E-state index contributed by atoms with van der Waals surface area (Å²) in [6, 6.07) is 16.4. The molecular weight excluding hydrogens is 623 g/mol. The molecule has 1 fully saturated rings. The average Bonchev–Trinajstić information content (AvgIpc) is 2.89. The van der Waals surface area contributed by atoms with Crippen molar-refractivity contribution in [3.63, 3.8) is 0 Å². The van der Waals surface area contributed by atoms with Crippen molar-refractivity contribution in [2.75, 3.05) is 18.1 Å². The van der Waals surface area contributed by atoms with E-state index in [1.54, 1.807) is 42.5 Å². The molecule has 0 aromatic heterocycles. The molecule has 0 spiro atoms. The zero-order valence-corrected chi connectivity index (χ0v) is 23.5. The van der Waals surface area contributed by atoms with Crippen LogP contribution in [0.1, 0.15) is 25.0 Å². The summed E-state index contributed by atoms with van der Waals surface area (Å²) in [6.45, 7) is 4.85. The predicted octanol–water partition coefficient (Wildman–Crippen LogP) is 5.99. The fourth-order valence-corrected chi connectivity index (χ4v) is 4.72. The summed E-state index contributed by atoms with van der Waals surface area (Å²) >= 11 is 8.28. The Bertz CT molecular complexity index is 1410. The van der Waals surface area contributed by atoms with Gasteiger partial charge in [-0.25, -0.2) is 9.69 Å². The van der Waals surface area contributed by atoms with E-state index in [0.717, 1.165) is 14.0 Å². The number of hydrogen-bond acceptors (Lipinski definition) is 6. The SMILES string of the molecule is CCOc1cc(/C=C2\C(=O)NC(=O)N(c3ccc(OCc4ccccc4Cl)cc3)C2=O)cc(I)c1OCC. The highest BCUT2D eigenvalue weighted by Crippen LogP contribution is 2.35. The van der Waals surface area contributed by atoms with Crippen LogP contribution in [0.2, 0.25) is 5.02 Å². The Morgan fingerprint density at radius 2 is 1.66 bits per heavy atom. The maximum Gasteiger partial charge on any atom is 0.335 e. The van der Waals surface area contributed by atoms with Gasteiger partial charge in [0.15, 0.2) is 11.5 Å². The summed E-state index contributed by atoms with van der Waals surface area (Å²) in [5.74, 6) is 0.0863. The highest BCUT2D eigenvalue weighted by molar-refractivity contribution is 14.1. The Kier molecular flexibility index (Phi) is 8.90. The van der Waals surface area contributed by atoms with Gasteiger partial charge >= 0.3 is 6.03 Å². The number of carbonyl (C=O) groups is 3. The minimum absolute atomic E-state index is 0.189. The van der Waals surface area contributed by atoms with Crippen molar-refractivity contribution in [1.82, 2.24) is 5.32 Å². The molecule has 0 saturated carbocycles. The number of rotatable bonds is 9. The molecule has 0 radical (unpaired) electrons. The standard InChI is InChI=1S/C28H24ClIN2O6/c1-3-36-24-15-17(14-23(30)25(24)37-4-2)13-21-26(33)31-28(35)32(27(21)34)19-9-11-20(12-10-19)38-16-18-7-5-6-8-22(18)29/h5-15H,3-4,16H2,1-2H3,(H,31,33,35)/b21-13+. The van der Waals surface area contributed by atoms with Crippen LogP contribution in [0, 0.1) is 3.57 Å². The van der Waals surface area contributed by atoms with Gasteiger partial charge in [0, 0.05) is 10.6 Å². The quantitative estimate of drug-likeness (QED) is 0.175. The van der Waals surface area contributed by atoms with E-state index in [1.807, 2.05) is 32.0 Å². The highest BCUT2D eigenvalue weighted by Gasteiger charge is 2.37. The van der Waals surface area contributed by atoms with E-state index in [2.05, 4.69) is 27.9 Å². The zero-order chi connectivity index (χ0) is 27.2. The molecule has 38 heavy (non-hydrogen) atoms. The molecule has 3 aromatic carbocycles. The van der Waals surface area contributed by atoms with Crippen LogP contribution in [0.3, 0.4) is 0 Å². The Balaban J connectivity index is 1.58. The number of hydrogen-bond donors (Lipinski definition) is 1. The van der Waals surface area contributed by atoms with Crippen LogP contribution in [-0.2, 0) is 16.2 Å². The Morgan fingerprint density at radius 1 is 0.947 bits per heavy atom. The number of ether oxygens (including phenoxy) is 3. The van der Waals surface area contributed by atoms with E-state index in [-0.39, 0.29) is 17.9 Å². The van der Waals surface area contributed by atoms with E-state index >= 15 is 0 Å². The summed E-state index contributed by atoms with van der Waals surface area (Å²) in [5, 5.41) is 2.83. The summed E-state index contributed by atoms with van der Waals surface area (Å²) in [6.07, 6.45) is 1.43. The van der Waals surface area contributed by atoms with Crippen molar-refractivity contribution in [2.45, 2.75) is 20.5 Å². The van der Waals surface area contributed by atoms with E-state index in [1.165, 1.54) is 6.08 Å². The number of urea groups is 1. The maximum atomic E-state index is 13.3. The maximum absolute atomic E-state index is 13.3. The van der Waals surface area contributed by atoms with Crippen LogP contribution in [0.4, 0.5) is 10.5 Å². The highest BCUT2D eigenvalue weighted by atomic mass is 127. The lowest BCUT2D eigenvalue weighted by molar-refractivity contribution is -0.122. The second-order valence-corrected chi connectivity index (χ2v) is 9.60. The first kappa shape index (κ1) is 27.5. The first-order chi connectivity index (χ1) is 18.3. The van der Waals surface area contributed by atoms with Gasteiger partial charge in [0.2, 0.25) is 0 Å². The van der Waals surface area contributed by atoms with Crippen LogP contribution in [-0.4, -0.2) is 31.1 Å². The van der Waals surface area contributed by atoms with Gasteiger partial charge in [0.1, 0.15) is 17.9 Å². The third-order valence-corrected chi connectivity index (χ3v) is 6.65. The molecule has 0 bridgehead atoms. The Hall–Kier alpha value is -3.57. The van der Waals surface area contributed by atoms with Gasteiger partial charge in [-0.2, -0.15) is 0 Å². The number of carbonyl (C=O) groups excluding carboxylic acids is 3. The van der Waals surface area contributed by atoms with Crippen molar-refractivity contribution >= 4 is 63.8 Å². The van der Waals surface area contributed by atoms with Crippen LogP contribution in [0.5, 0.6) is 17.2 Å². The minimum atomic E-state index is -0.835. The summed E-state index contributed by atoms with van der Waals surface area (Å²) in [5.41, 5.74) is 1.48. The molecule has 196 valence electrons. The number of nitrogens with one attached hydrogen (secondary N) is 1. The lowest BCUT2D eigenvalue weighted by Crippen LogP contribution is -2.54. The van der Waals surface area contributed by atoms with Crippen molar-refractivity contribution in [3.05, 3.63) is 86.0 Å². The fraction of sp³-hybridized carbons (Fsp3) is 0.179. The number of barbiturate groups is 1. The molecule has 1 saturated heterocycles. The molecule has 1 heterocycles. The molecule has 0 atom stereocenters. The van der Waals surface area contributed by atoms with Crippen LogP contribution in [0.25, 0.3) is 6.08 Å². The van der Waals surface area contributed by atoms with Crippen molar-refractivity contribution in [3.8, 4) is 17.2 Å². The third kappa shape index (κ3) is 6.11. The first-order valence-corrected chi connectivity index (χ1v) is 13.2. The van der Waals surface area contributed by atoms with Gasteiger partial charge in [-0.05, 0) is 90.5 Å². The second kappa shape index (κ2) is 12.3. The molecule has 0 aliphatic carbocycles. The van der Waals surface area contributed by atoms with Gasteiger partial charge < -0.3 is 14.2 Å². The van der Waals surface area contributed by atoms with E-state index < -0.39 is 17.8 Å². The Morgan fingerprint density at radius 3 is 2.34 bits per heavy atom. The number of nitrogens with zero attached hydrogens (tertiary/aromatic N) is 1. The second-order valence-electron chi connectivity index (χ2n) is 8.03. The molecule has 4 amide bonds. The molecule has 1 aliphatic rings. The van der Waals surface area contributed by atoms with Gasteiger partial charge in [0.05, 0.1) is 22.5 Å². The third-order valence-electron chi connectivity index (χ3n) is 5.48. The number of benzene rings is 3. The molecular formula is C28H24ClIN2O6. The van der Waals surface area contributed by atoms with Gasteiger partial charge in [-0.3, -0.25) is 14.9 Å². The average molecular weight is 647 g/mol. The molecule has 3 aromatic rings. The van der Waals surface area contributed by atoms with Gasteiger partial charge in [0.25, 0.3) is 11.8 Å². The lowest BCUT2D eigenvalue weighted by Gasteiger charge is -2.26. The van der Waals surface area contributed by atoms with Crippen LogP contribution < -0.4 is 24.4 Å². The molecule has 4 rings (SSSR count). The van der Waals surface area contributed by atoms with Crippen molar-refractivity contribution < 1.29 is 28.6 Å². The van der Waals surface area contributed by atoms with Crippen LogP contribution in [0.15, 0.2) is 66.2 Å². The summed E-state index contributed by atoms with van der Waals surface area (Å²) < 4.78 is 17.9. The zero-order valence-electron chi connectivity index (χ0n) is 20.6. The molecule has 1 N–H and O–H groups in total. The minimum Gasteiger partial charge on any atom is -0.490 e. The summed E-state index contributed by atoms with van der Waals surface area (Å²) in [4.78, 5) is 39.5. The van der Waals surface area contributed by atoms with E-state index in [0.29, 0.717) is 41.0 Å². The van der Waals surface area contributed by atoms with Gasteiger partial charge in [-0.1, -0.05) is 29.8 Å². The summed E-state index contributed by atoms with van der Waals surface area (Å²) in [7, 11) is 0. The van der Waals surface area contributed by atoms with Crippen molar-refractivity contribution in [2.24, 2.45) is 0 Å². The van der Waals surface area contributed by atoms with E-state index in [9.17, 15) is 14.4 Å². The lowest BCUT2D eigenvalue weighted by atomic mass is 10.1. The predicted molar refractivity (Wildman–Crippen MR) is 153 cm³/mol. The number of anilines is 1. The number of halogens is 2. The van der Waals surface area contributed by atoms with Crippen molar-refractivity contribution in [1.29, 1.82) is 0 Å². The van der Waals surface area contributed by atoms with E-state index in [4.69, 9.17) is 25.8 Å². The van der Waals surface area contributed by atoms with Gasteiger partial charge in [-0.15, -0.1) is 0 Å². The fourth-order valence-electron chi connectivity index (χ4n) is 3.75. The smallest absolute Gasteiger partial charge is 0.335 e. The number of imide groups is 2. The first-order valence-electron chi connectivity index (χ1n) is 11.8. The van der Waals surface area contributed by atoms with Crippen LogP contribution >= 0.6 is 34.2 Å². The molecule has 10 heteroatoms.